The summed E-state index contributed by atoms with van der Waals surface area (Å²) in [7, 11) is 0. The number of rotatable bonds is 5. The van der Waals surface area contributed by atoms with Gasteiger partial charge in [-0.05, 0) is 32.0 Å². The average Bonchev–Trinajstić information content (AvgIpc) is 2.90. The standard InChI is InChI=1S/C15H13ClF3N3O3/c1-9(2)24-13(23)3-4-22-8-20-14(21-22)10-5-11(16)7-12(6-10)25-15(17,18)19/h3-9H,1-2H3. The van der Waals surface area contributed by atoms with Gasteiger partial charge in [0.15, 0.2) is 5.82 Å². The van der Waals surface area contributed by atoms with Gasteiger partial charge in [0.2, 0.25) is 0 Å². The second-order valence-electron chi connectivity index (χ2n) is 5.07. The first-order valence-corrected chi connectivity index (χ1v) is 7.37. The normalized spacial score (nSPS) is 12.0. The minimum Gasteiger partial charge on any atom is -0.460 e. The van der Waals surface area contributed by atoms with E-state index in [4.69, 9.17) is 16.3 Å². The van der Waals surface area contributed by atoms with E-state index >= 15 is 0 Å². The van der Waals surface area contributed by atoms with Crippen molar-refractivity contribution >= 4 is 23.8 Å². The second kappa shape index (κ2) is 7.56. The highest BCUT2D eigenvalue weighted by Gasteiger charge is 2.31. The zero-order valence-electron chi connectivity index (χ0n) is 13.1. The van der Waals surface area contributed by atoms with E-state index < -0.39 is 18.1 Å². The zero-order valence-corrected chi connectivity index (χ0v) is 13.9. The highest BCUT2D eigenvalue weighted by molar-refractivity contribution is 6.31. The van der Waals surface area contributed by atoms with Crippen molar-refractivity contribution in [3.05, 3.63) is 35.6 Å². The minimum absolute atomic E-state index is 0.0316. The highest BCUT2D eigenvalue weighted by Crippen LogP contribution is 2.30. The number of hydrogen-bond acceptors (Lipinski definition) is 5. The molecule has 0 atom stereocenters. The first-order chi connectivity index (χ1) is 11.6. The van der Waals surface area contributed by atoms with Crippen molar-refractivity contribution in [3.63, 3.8) is 0 Å². The molecule has 0 aliphatic heterocycles. The molecule has 0 radical (unpaired) electrons. The van der Waals surface area contributed by atoms with Gasteiger partial charge >= 0.3 is 12.3 Å². The van der Waals surface area contributed by atoms with Gasteiger partial charge in [-0.25, -0.2) is 14.5 Å². The first kappa shape index (κ1) is 18.8. The summed E-state index contributed by atoms with van der Waals surface area (Å²) in [6.45, 7) is 3.41. The van der Waals surface area contributed by atoms with Crippen molar-refractivity contribution in [2.24, 2.45) is 0 Å². The van der Waals surface area contributed by atoms with Crippen LogP contribution in [0, 0.1) is 0 Å². The Morgan fingerprint density at radius 2 is 2.04 bits per heavy atom. The van der Waals surface area contributed by atoms with Gasteiger partial charge in [0.1, 0.15) is 12.1 Å². The number of carbonyl (C=O) groups excluding carboxylic acids is 1. The molecule has 0 amide bonds. The Morgan fingerprint density at radius 1 is 1.32 bits per heavy atom. The van der Waals surface area contributed by atoms with Gasteiger partial charge in [-0.1, -0.05) is 11.6 Å². The van der Waals surface area contributed by atoms with E-state index in [1.807, 2.05) is 0 Å². The van der Waals surface area contributed by atoms with Gasteiger partial charge < -0.3 is 9.47 Å². The molecule has 0 aliphatic carbocycles. The van der Waals surface area contributed by atoms with Gasteiger partial charge in [-0.3, -0.25) is 0 Å². The molecular weight excluding hydrogens is 363 g/mol. The summed E-state index contributed by atoms with van der Waals surface area (Å²) in [6.07, 6.45) is -1.37. The van der Waals surface area contributed by atoms with Gasteiger partial charge in [-0.2, -0.15) is 0 Å². The predicted octanol–water partition coefficient (Wildman–Crippen LogP) is 3.92. The van der Waals surface area contributed by atoms with Crippen LogP contribution in [-0.2, 0) is 9.53 Å². The average molecular weight is 376 g/mol. The summed E-state index contributed by atoms with van der Waals surface area (Å²) < 4.78 is 46.9. The summed E-state index contributed by atoms with van der Waals surface area (Å²) in [5, 5.41) is 4.06. The largest absolute Gasteiger partial charge is 0.573 e. The lowest BCUT2D eigenvalue weighted by Gasteiger charge is -2.09. The van der Waals surface area contributed by atoms with Gasteiger partial charge in [0.05, 0.1) is 6.10 Å². The van der Waals surface area contributed by atoms with Crippen LogP contribution in [0.1, 0.15) is 13.8 Å². The molecule has 0 aliphatic rings. The molecule has 0 saturated heterocycles. The number of esters is 1. The molecule has 6 nitrogen and oxygen atoms in total. The fourth-order valence-electron chi connectivity index (χ4n) is 1.77. The molecule has 0 unspecified atom stereocenters. The van der Waals surface area contributed by atoms with Crippen molar-refractivity contribution in [1.29, 1.82) is 0 Å². The number of hydrogen-bond donors (Lipinski definition) is 0. The monoisotopic (exact) mass is 375 g/mol. The zero-order chi connectivity index (χ0) is 18.6. The lowest BCUT2D eigenvalue weighted by atomic mass is 10.2. The molecule has 10 heteroatoms. The highest BCUT2D eigenvalue weighted by atomic mass is 35.5. The van der Waals surface area contributed by atoms with Gasteiger partial charge in [-0.15, -0.1) is 18.3 Å². The second-order valence-corrected chi connectivity index (χ2v) is 5.51. The molecular formula is C15H13ClF3N3O3. The van der Waals surface area contributed by atoms with E-state index in [-0.39, 0.29) is 22.5 Å². The number of ether oxygens (including phenoxy) is 2. The third-order valence-electron chi connectivity index (χ3n) is 2.59. The Kier molecular flexibility index (Phi) is 5.68. The molecule has 0 N–H and O–H groups in total. The van der Waals surface area contributed by atoms with Crippen molar-refractivity contribution in [2.75, 3.05) is 0 Å². The molecule has 0 spiro atoms. The van der Waals surface area contributed by atoms with Gasteiger partial charge in [0, 0.05) is 22.9 Å². The maximum Gasteiger partial charge on any atom is 0.573 e. The smallest absolute Gasteiger partial charge is 0.460 e. The summed E-state index contributed by atoms with van der Waals surface area (Å²) in [4.78, 5) is 15.4. The molecule has 0 bridgehead atoms. The lowest BCUT2D eigenvalue weighted by molar-refractivity contribution is -0.274. The maximum atomic E-state index is 12.3. The Labute approximate surface area is 145 Å². The molecule has 1 aromatic carbocycles. The van der Waals surface area contributed by atoms with Crippen LogP contribution in [0.5, 0.6) is 5.75 Å². The molecule has 0 saturated carbocycles. The maximum absolute atomic E-state index is 12.3. The summed E-state index contributed by atoms with van der Waals surface area (Å²) >= 11 is 5.80. The summed E-state index contributed by atoms with van der Waals surface area (Å²) in [5.74, 6) is -0.936. The SMILES string of the molecule is CC(C)OC(=O)C=Cn1cnc(-c2cc(Cl)cc(OC(F)(F)F)c2)n1. The van der Waals surface area contributed by atoms with Crippen molar-refractivity contribution < 1.29 is 27.4 Å². The van der Waals surface area contributed by atoms with Crippen molar-refractivity contribution in [1.82, 2.24) is 14.8 Å². The Balaban J connectivity index is 2.19. The van der Waals surface area contributed by atoms with E-state index in [9.17, 15) is 18.0 Å². The number of nitrogens with zero attached hydrogens (tertiary/aromatic N) is 3. The first-order valence-electron chi connectivity index (χ1n) is 6.99. The fourth-order valence-corrected chi connectivity index (χ4v) is 2.00. The molecule has 134 valence electrons. The van der Waals surface area contributed by atoms with Gasteiger partial charge in [0.25, 0.3) is 0 Å². The van der Waals surface area contributed by atoms with E-state index in [0.717, 1.165) is 18.2 Å². The number of aromatic nitrogens is 3. The van der Waals surface area contributed by atoms with Crippen LogP contribution < -0.4 is 4.74 Å². The lowest BCUT2D eigenvalue weighted by Crippen LogP contribution is -2.17. The van der Waals surface area contributed by atoms with Crippen molar-refractivity contribution in [2.45, 2.75) is 26.3 Å². The molecule has 1 heterocycles. The molecule has 25 heavy (non-hydrogen) atoms. The molecule has 2 rings (SSSR count). The molecule has 1 aromatic heterocycles. The topological polar surface area (TPSA) is 66.2 Å². The number of alkyl halides is 3. The third kappa shape index (κ3) is 6.11. The van der Waals surface area contributed by atoms with E-state index in [2.05, 4.69) is 14.8 Å². The van der Waals surface area contributed by atoms with Crippen LogP contribution in [0.2, 0.25) is 5.02 Å². The molecule has 2 aromatic rings. The summed E-state index contributed by atoms with van der Waals surface area (Å²) in [6, 6.07) is 3.52. The van der Waals surface area contributed by atoms with Crippen LogP contribution in [0.25, 0.3) is 17.6 Å². The van der Waals surface area contributed by atoms with E-state index in [1.165, 1.54) is 23.3 Å². The van der Waals surface area contributed by atoms with Crippen molar-refractivity contribution in [3.8, 4) is 17.1 Å². The Hall–Kier alpha value is -2.55. The van der Waals surface area contributed by atoms with Crippen LogP contribution in [0.15, 0.2) is 30.6 Å². The van der Waals surface area contributed by atoms with E-state index in [0.29, 0.717) is 0 Å². The quantitative estimate of drug-likeness (QED) is 0.585. The third-order valence-corrected chi connectivity index (χ3v) is 2.81. The summed E-state index contributed by atoms with van der Waals surface area (Å²) in [5.41, 5.74) is 0.226. The predicted molar refractivity (Wildman–Crippen MR) is 83.7 cm³/mol. The fraction of sp³-hybridized carbons (Fsp3) is 0.267. The van der Waals surface area contributed by atoms with Crippen LogP contribution in [-0.4, -0.2) is 33.2 Å². The molecule has 0 fully saturated rings. The number of carbonyl (C=O) groups is 1. The minimum atomic E-state index is -4.84. The van der Waals surface area contributed by atoms with Crippen LogP contribution in [0.3, 0.4) is 0 Å². The number of halogens is 4. The Bertz CT molecular complexity index is 788. The Morgan fingerprint density at radius 3 is 2.68 bits per heavy atom. The number of benzene rings is 1. The van der Waals surface area contributed by atoms with Crippen LogP contribution >= 0.6 is 11.6 Å². The van der Waals surface area contributed by atoms with E-state index in [1.54, 1.807) is 13.8 Å². The van der Waals surface area contributed by atoms with Crippen LogP contribution in [0.4, 0.5) is 13.2 Å².